The van der Waals surface area contributed by atoms with Crippen molar-refractivity contribution >= 4 is 24.2 Å². The fourth-order valence-electron chi connectivity index (χ4n) is 3.26. The summed E-state index contributed by atoms with van der Waals surface area (Å²) in [7, 11) is 1.64. The van der Waals surface area contributed by atoms with E-state index >= 15 is 0 Å². The molecule has 1 aliphatic rings. The Hall–Kier alpha value is -1.79. The maximum Gasteiger partial charge on any atom is 0.239 e. The quantitative estimate of drug-likeness (QED) is 0.765. The van der Waals surface area contributed by atoms with Crippen molar-refractivity contribution in [1.82, 2.24) is 9.80 Å². The standard InChI is InChI=1S/C20H31N3O3.ClH/c1-3-5-18(21)20(25)23-13-4-12-22(14-15-23)19(24)11-8-16-6-9-17(26-2)10-7-16;/h6-7,9-10,18H,3-5,8,11-15,21H2,1-2H3;1H. The zero-order chi connectivity index (χ0) is 18.9. The molecule has 2 amide bonds. The normalized spacial score (nSPS) is 15.5. The number of carbonyl (C=O) groups is 2. The summed E-state index contributed by atoms with van der Waals surface area (Å²) in [6, 6.07) is 7.38. The van der Waals surface area contributed by atoms with E-state index in [4.69, 9.17) is 10.5 Å². The first-order valence-electron chi connectivity index (χ1n) is 9.50. The molecule has 1 fully saturated rings. The van der Waals surface area contributed by atoms with Crippen LogP contribution in [0.3, 0.4) is 0 Å². The van der Waals surface area contributed by atoms with Gasteiger partial charge in [-0.15, -0.1) is 12.4 Å². The van der Waals surface area contributed by atoms with E-state index in [1.807, 2.05) is 41.0 Å². The first kappa shape index (κ1) is 23.2. The lowest BCUT2D eigenvalue weighted by Crippen LogP contribution is -2.45. The molecule has 0 radical (unpaired) electrons. The average molecular weight is 398 g/mol. The van der Waals surface area contributed by atoms with Crippen LogP contribution in [0.15, 0.2) is 24.3 Å². The van der Waals surface area contributed by atoms with Crippen molar-refractivity contribution in [3.8, 4) is 5.75 Å². The number of nitrogens with two attached hydrogens (primary N) is 1. The molecule has 2 rings (SSSR count). The SMILES string of the molecule is CCCC(N)C(=O)N1CCCN(C(=O)CCc2ccc(OC)cc2)CC1.Cl. The Kier molecular flexibility index (Phi) is 10.2. The van der Waals surface area contributed by atoms with Crippen molar-refractivity contribution in [1.29, 1.82) is 0 Å². The lowest BCUT2D eigenvalue weighted by molar-refractivity contribution is -0.134. The maximum absolute atomic E-state index is 12.5. The van der Waals surface area contributed by atoms with Crippen molar-refractivity contribution in [3.63, 3.8) is 0 Å². The first-order chi connectivity index (χ1) is 12.5. The van der Waals surface area contributed by atoms with Gasteiger partial charge in [-0.05, 0) is 37.0 Å². The Morgan fingerprint density at radius 1 is 1.11 bits per heavy atom. The van der Waals surface area contributed by atoms with Gasteiger partial charge in [0.2, 0.25) is 11.8 Å². The second kappa shape index (κ2) is 11.8. The molecule has 1 aromatic rings. The Bertz CT molecular complexity index is 595. The topological polar surface area (TPSA) is 75.9 Å². The van der Waals surface area contributed by atoms with Gasteiger partial charge in [-0.1, -0.05) is 25.5 Å². The summed E-state index contributed by atoms with van der Waals surface area (Å²) in [5.41, 5.74) is 7.08. The van der Waals surface area contributed by atoms with Gasteiger partial charge in [0.25, 0.3) is 0 Å². The summed E-state index contributed by atoms with van der Waals surface area (Å²) in [6.45, 7) is 4.57. The minimum absolute atomic E-state index is 0. The highest BCUT2D eigenvalue weighted by Gasteiger charge is 2.24. The smallest absolute Gasteiger partial charge is 0.239 e. The largest absolute Gasteiger partial charge is 0.497 e. The molecule has 7 heteroatoms. The summed E-state index contributed by atoms with van der Waals surface area (Å²) >= 11 is 0. The molecule has 1 unspecified atom stereocenters. The number of carbonyl (C=O) groups excluding carboxylic acids is 2. The van der Waals surface area contributed by atoms with Gasteiger partial charge in [0.15, 0.2) is 0 Å². The number of hydrogen-bond acceptors (Lipinski definition) is 4. The fourth-order valence-corrected chi connectivity index (χ4v) is 3.26. The van der Waals surface area contributed by atoms with Crippen LogP contribution >= 0.6 is 12.4 Å². The van der Waals surface area contributed by atoms with Crippen molar-refractivity contribution in [3.05, 3.63) is 29.8 Å². The number of benzene rings is 1. The van der Waals surface area contributed by atoms with Crippen LogP contribution in [-0.4, -0.2) is 60.9 Å². The van der Waals surface area contributed by atoms with Gasteiger partial charge >= 0.3 is 0 Å². The van der Waals surface area contributed by atoms with Crippen LogP contribution in [0.2, 0.25) is 0 Å². The third-order valence-corrected chi connectivity index (χ3v) is 4.86. The lowest BCUT2D eigenvalue weighted by Gasteiger charge is -2.24. The van der Waals surface area contributed by atoms with Crippen molar-refractivity contribution in [2.24, 2.45) is 5.73 Å². The molecule has 6 nitrogen and oxygen atoms in total. The third-order valence-electron chi connectivity index (χ3n) is 4.86. The molecule has 0 saturated carbocycles. The minimum Gasteiger partial charge on any atom is -0.497 e. The highest BCUT2D eigenvalue weighted by Crippen LogP contribution is 2.14. The Balaban J connectivity index is 0.00000364. The van der Waals surface area contributed by atoms with Crippen LogP contribution < -0.4 is 10.5 Å². The number of rotatable bonds is 7. The highest BCUT2D eigenvalue weighted by atomic mass is 35.5. The van der Waals surface area contributed by atoms with E-state index in [-0.39, 0.29) is 24.2 Å². The van der Waals surface area contributed by atoms with Crippen molar-refractivity contribution in [2.75, 3.05) is 33.3 Å². The van der Waals surface area contributed by atoms with Crippen molar-refractivity contribution in [2.45, 2.75) is 45.1 Å². The van der Waals surface area contributed by atoms with Gasteiger partial charge < -0.3 is 20.3 Å². The predicted molar refractivity (Wildman–Crippen MR) is 109 cm³/mol. The van der Waals surface area contributed by atoms with Crippen LogP contribution in [-0.2, 0) is 16.0 Å². The Morgan fingerprint density at radius 2 is 1.74 bits per heavy atom. The van der Waals surface area contributed by atoms with Crippen molar-refractivity contribution < 1.29 is 14.3 Å². The predicted octanol–water partition coefficient (Wildman–Crippen LogP) is 2.24. The zero-order valence-corrected chi connectivity index (χ0v) is 17.2. The van der Waals surface area contributed by atoms with Gasteiger partial charge in [-0.25, -0.2) is 0 Å². The van der Waals surface area contributed by atoms with E-state index in [0.29, 0.717) is 45.4 Å². The first-order valence-corrected chi connectivity index (χ1v) is 9.50. The van der Waals surface area contributed by atoms with Crippen LogP contribution in [0.5, 0.6) is 5.75 Å². The number of amides is 2. The summed E-state index contributed by atoms with van der Waals surface area (Å²) in [5.74, 6) is 0.978. The second-order valence-electron chi connectivity index (χ2n) is 6.80. The van der Waals surface area contributed by atoms with Crippen LogP contribution in [0.1, 0.15) is 38.2 Å². The summed E-state index contributed by atoms with van der Waals surface area (Å²) < 4.78 is 5.15. The molecular formula is C20H32ClN3O3. The highest BCUT2D eigenvalue weighted by molar-refractivity contribution is 5.85. The number of nitrogens with zero attached hydrogens (tertiary/aromatic N) is 2. The second-order valence-corrected chi connectivity index (χ2v) is 6.80. The summed E-state index contributed by atoms with van der Waals surface area (Å²) in [4.78, 5) is 28.6. The molecule has 0 aliphatic carbocycles. The number of aryl methyl sites for hydroxylation is 1. The van der Waals surface area contributed by atoms with E-state index < -0.39 is 6.04 Å². The number of ether oxygens (including phenoxy) is 1. The summed E-state index contributed by atoms with van der Waals surface area (Å²) in [6.07, 6.45) is 3.61. The number of hydrogen-bond donors (Lipinski definition) is 1. The molecule has 1 atom stereocenters. The molecule has 0 bridgehead atoms. The number of halogens is 1. The molecule has 1 heterocycles. The minimum atomic E-state index is -0.419. The average Bonchev–Trinajstić information content (AvgIpc) is 2.92. The molecule has 0 aromatic heterocycles. The molecule has 27 heavy (non-hydrogen) atoms. The molecule has 2 N–H and O–H groups in total. The van der Waals surface area contributed by atoms with E-state index in [1.165, 1.54) is 0 Å². The Labute approximate surface area is 168 Å². The Morgan fingerprint density at radius 3 is 2.37 bits per heavy atom. The summed E-state index contributed by atoms with van der Waals surface area (Å²) in [5, 5.41) is 0. The monoisotopic (exact) mass is 397 g/mol. The molecule has 0 spiro atoms. The third kappa shape index (κ3) is 7.03. The van der Waals surface area contributed by atoms with Crippen LogP contribution in [0, 0.1) is 0 Å². The van der Waals surface area contributed by atoms with Crippen LogP contribution in [0.4, 0.5) is 0 Å². The number of methoxy groups -OCH3 is 1. The van der Waals surface area contributed by atoms with E-state index in [2.05, 4.69) is 0 Å². The van der Waals surface area contributed by atoms with Gasteiger partial charge in [-0.3, -0.25) is 9.59 Å². The van der Waals surface area contributed by atoms with Gasteiger partial charge in [0.1, 0.15) is 5.75 Å². The van der Waals surface area contributed by atoms with E-state index in [9.17, 15) is 9.59 Å². The van der Waals surface area contributed by atoms with Crippen LogP contribution in [0.25, 0.3) is 0 Å². The maximum atomic E-state index is 12.5. The van der Waals surface area contributed by atoms with Gasteiger partial charge in [-0.2, -0.15) is 0 Å². The zero-order valence-electron chi connectivity index (χ0n) is 16.4. The molecule has 1 aliphatic heterocycles. The molecule has 1 saturated heterocycles. The molecule has 1 aromatic carbocycles. The molecule has 152 valence electrons. The van der Waals surface area contributed by atoms with E-state index in [0.717, 1.165) is 24.2 Å². The van der Waals surface area contributed by atoms with Gasteiger partial charge in [0.05, 0.1) is 13.2 Å². The molecular weight excluding hydrogens is 366 g/mol. The lowest BCUT2D eigenvalue weighted by atomic mass is 10.1. The van der Waals surface area contributed by atoms with E-state index in [1.54, 1.807) is 7.11 Å². The van der Waals surface area contributed by atoms with Gasteiger partial charge in [0, 0.05) is 32.6 Å². The fraction of sp³-hybridized carbons (Fsp3) is 0.600.